The Bertz CT molecular complexity index is 1340. The van der Waals surface area contributed by atoms with Crippen LogP contribution >= 0.6 is 0 Å². The van der Waals surface area contributed by atoms with Crippen molar-refractivity contribution in [2.45, 2.75) is 19.6 Å². The summed E-state index contributed by atoms with van der Waals surface area (Å²) in [6, 6.07) is 8.74. The number of halogens is 3. The summed E-state index contributed by atoms with van der Waals surface area (Å²) in [6.07, 6.45) is -2.84. The predicted octanol–water partition coefficient (Wildman–Crippen LogP) is 3.58. The van der Waals surface area contributed by atoms with Crippen LogP contribution < -0.4 is 15.4 Å². The van der Waals surface area contributed by atoms with Gasteiger partial charge in [0.1, 0.15) is 29.0 Å². The van der Waals surface area contributed by atoms with Crippen molar-refractivity contribution >= 4 is 33.3 Å². The van der Waals surface area contributed by atoms with E-state index in [0.29, 0.717) is 6.20 Å². The zero-order valence-electron chi connectivity index (χ0n) is 17.6. The molecule has 0 aliphatic carbocycles. The summed E-state index contributed by atoms with van der Waals surface area (Å²) < 4.78 is 66.6. The molecule has 3 rings (SSSR count). The number of hydrogen-bond donors (Lipinski definition) is 4. The van der Waals surface area contributed by atoms with Gasteiger partial charge in [-0.25, -0.2) is 18.4 Å². The Kier molecular flexibility index (Phi) is 7.06. The molecule has 0 radical (unpaired) electrons. The molecule has 0 saturated carbocycles. The highest BCUT2D eigenvalue weighted by atomic mass is 32.2. The number of phenols is 1. The molecule has 0 saturated heterocycles. The summed E-state index contributed by atoms with van der Waals surface area (Å²) >= 11 is 0. The van der Waals surface area contributed by atoms with E-state index in [1.54, 1.807) is 6.07 Å². The SMILES string of the molecule is CCS(=O)(=O)Nc1ncccc1CNc1nc(Nc2ccc(C#N)c(O)c2)ncc1C(F)(F)F. The standard InChI is InChI=1S/C20H18F3N7O3S/c1-2-34(32,33)30-17-13(4-3-7-25-17)10-26-18-15(20(21,22)23)11-27-19(29-18)28-14-6-5-12(9-24)16(31)8-14/h3-8,11,31H,2,10H2,1H3,(H,25,30)(H2,26,27,28,29). The number of pyridine rings is 1. The van der Waals surface area contributed by atoms with E-state index in [1.807, 2.05) is 0 Å². The van der Waals surface area contributed by atoms with Gasteiger partial charge in [-0.05, 0) is 25.1 Å². The van der Waals surface area contributed by atoms with Gasteiger partial charge in [-0.1, -0.05) is 6.07 Å². The van der Waals surface area contributed by atoms with Crippen LogP contribution in [-0.2, 0) is 22.7 Å². The number of hydrogen-bond acceptors (Lipinski definition) is 9. The van der Waals surface area contributed by atoms with Crippen LogP contribution in [0.4, 0.5) is 36.4 Å². The van der Waals surface area contributed by atoms with Crippen LogP contribution in [-0.4, -0.2) is 34.2 Å². The quantitative estimate of drug-likeness (QED) is 0.369. The molecule has 0 bridgehead atoms. The smallest absolute Gasteiger partial charge is 0.421 e. The van der Waals surface area contributed by atoms with Crippen LogP contribution in [0.5, 0.6) is 5.75 Å². The molecule has 1 aromatic carbocycles. The molecule has 0 atom stereocenters. The van der Waals surface area contributed by atoms with E-state index in [0.717, 1.165) is 0 Å². The molecule has 0 spiro atoms. The van der Waals surface area contributed by atoms with Gasteiger partial charge in [0.15, 0.2) is 0 Å². The second-order valence-corrected chi connectivity index (χ2v) is 8.80. The Morgan fingerprint density at radius 3 is 2.59 bits per heavy atom. The largest absolute Gasteiger partial charge is 0.506 e. The van der Waals surface area contributed by atoms with E-state index in [1.165, 1.54) is 43.5 Å². The number of nitrogens with one attached hydrogen (secondary N) is 3. The van der Waals surface area contributed by atoms with Gasteiger partial charge in [-0.15, -0.1) is 0 Å². The Balaban J connectivity index is 1.89. The van der Waals surface area contributed by atoms with Crippen molar-refractivity contribution in [1.82, 2.24) is 15.0 Å². The fraction of sp³-hybridized carbons (Fsp3) is 0.200. The lowest BCUT2D eigenvalue weighted by Crippen LogP contribution is -2.18. The first-order chi connectivity index (χ1) is 16.0. The topological polar surface area (TPSA) is 153 Å². The maximum Gasteiger partial charge on any atom is 0.421 e. The van der Waals surface area contributed by atoms with E-state index < -0.39 is 27.6 Å². The highest BCUT2D eigenvalue weighted by molar-refractivity contribution is 7.92. The summed E-state index contributed by atoms with van der Waals surface area (Å²) in [5, 5.41) is 23.9. The van der Waals surface area contributed by atoms with Crippen LogP contribution in [0.3, 0.4) is 0 Å². The number of anilines is 4. The van der Waals surface area contributed by atoms with Gasteiger partial charge in [0.2, 0.25) is 16.0 Å². The second-order valence-electron chi connectivity index (χ2n) is 6.79. The first-order valence-corrected chi connectivity index (χ1v) is 11.3. The molecule has 14 heteroatoms. The zero-order chi connectivity index (χ0) is 24.9. The lowest BCUT2D eigenvalue weighted by molar-refractivity contribution is -0.137. The lowest BCUT2D eigenvalue weighted by atomic mass is 10.2. The molecule has 0 aliphatic heterocycles. The van der Waals surface area contributed by atoms with Crippen LogP contribution in [0.1, 0.15) is 23.6 Å². The van der Waals surface area contributed by atoms with E-state index in [-0.39, 0.29) is 46.6 Å². The first-order valence-electron chi connectivity index (χ1n) is 9.65. The van der Waals surface area contributed by atoms with Crippen LogP contribution in [0.2, 0.25) is 0 Å². The third kappa shape index (κ3) is 6.01. The summed E-state index contributed by atoms with van der Waals surface area (Å²) in [5.41, 5.74) is -0.587. The Morgan fingerprint density at radius 2 is 1.94 bits per heavy atom. The van der Waals surface area contributed by atoms with Crippen molar-refractivity contribution < 1.29 is 26.7 Å². The number of rotatable bonds is 8. The molecule has 4 N–H and O–H groups in total. The van der Waals surface area contributed by atoms with Gasteiger partial charge in [-0.2, -0.15) is 23.4 Å². The maximum absolute atomic E-state index is 13.5. The molecule has 10 nitrogen and oxygen atoms in total. The van der Waals surface area contributed by atoms with Gasteiger partial charge in [-0.3, -0.25) is 4.72 Å². The highest BCUT2D eigenvalue weighted by Crippen LogP contribution is 2.34. The van der Waals surface area contributed by atoms with Gasteiger partial charge in [0.05, 0.1) is 11.3 Å². The zero-order valence-corrected chi connectivity index (χ0v) is 18.4. The van der Waals surface area contributed by atoms with E-state index >= 15 is 0 Å². The van der Waals surface area contributed by atoms with Crippen LogP contribution in [0.15, 0.2) is 42.7 Å². The summed E-state index contributed by atoms with van der Waals surface area (Å²) in [7, 11) is -3.66. The second kappa shape index (κ2) is 9.79. The fourth-order valence-corrected chi connectivity index (χ4v) is 3.31. The Labute approximate surface area is 192 Å². The molecule has 0 aliphatic rings. The van der Waals surface area contributed by atoms with Crippen molar-refractivity contribution in [2.24, 2.45) is 0 Å². The number of nitriles is 1. The number of aromatic hydroxyl groups is 1. The van der Waals surface area contributed by atoms with Gasteiger partial charge < -0.3 is 15.7 Å². The molecule has 2 heterocycles. The lowest BCUT2D eigenvalue weighted by Gasteiger charge is -2.16. The Hall–Kier alpha value is -4.12. The molecule has 3 aromatic rings. The van der Waals surface area contributed by atoms with Gasteiger partial charge in [0.25, 0.3) is 0 Å². The molecule has 0 fully saturated rings. The molecular formula is C20H18F3N7O3S. The third-order valence-electron chi connectivity index (χ3n) is 4.44. The highest BCUT2D eigenvalue weighted by Gasteiger charge is 2.35. The average Bonchev–Trinajstić information content (AvgIpc) is 2.78. The first kappa shape index (κ1) is 24.5. The van der Waals surface area contributed by atoms with Crippen LogP contribution in [0.25, 0.3) is 0 Å². The van der Waals surface area contributed by atoms with Crippen molar-refractivity contribution in [3.63, 3.8) is 0 Å². The number of nitrogens with zero attached hydrogens (tertiary/aromatic N) is 4. The van der Waals surface area contributed by atoms with E-state index in [4.69, 9.17) is 5.26 Å². The molecule has 2 aromatic heterocycles. The normalized spacial score (nSPS) is 11.5. The third-order valence-corrected chi connectivity index (χ3v) is 5.70. The van der Waals surface area contributed by atoms with Crippen molar-refractivity contribution in [3.05, 3.63) is 59.4 Å². The molecular weight excluding hydrogens is 475 g/mol. The van der Waals surface area contributed by atoms with Crippen LogP contribution in [0, 0.1) is 11.3 Å². The maximum atomic E-state index is 13.5. The summed E-state index contributed by atoms with van der Waals surface area (Å²) in [6.45, 7) is 1.20. The Morgan fingerprint density at radius 1 is 1.18 bits per heavy atom. The monoisotopic (exact) mass is 493 g/mol. The van der Waals surface area contributed by atoms with Crippen molar-refractivity contribution in [1.29, 1.82) is 5.26 Å². The van der Waals surface area contributed by atoms with E-state index in [2.05, 4.69) is 30.3 Å². The molecule has 0 unspecified atom stereocenters. The van der Waals surface area contributed by atoms with Crippen molar-refractivity contribution in [3.8, 4) is 11.8 Å². The molecule has 34 heavy (non-hydrogen) atoms. The number of phenolic OH excluding ortho intramolecular Hbond substituents is 1. The number of sulfonamides is 1. The molecule has 0 amide bonds. The predicted molar refractivity (Wildman–Crippen MR) is 118 cm³/mol. The summed E-state index contributed by atoms with van der Waals surface area (Å²) in [4.78, 5) is 11.5. The van der Waals surface area contributed by atoms with Crippen molar-refractivity contribution in [2.75, 3.05) is 21.1 Å². The number of benzene rings is 1. The van der Waals surface area contributed by atoms with E-state index in [9.17, 15) is 26.7 Å². The fourth-order valence-electron chi connectivity index (χ4n) is 2.69. The summed E-state index contributed by atoms with van der Waals surface area (Å²) in [5.74, 6) is -1.32. The minimum absolute atomic E-state index is 0.0206. The number of alkyl halides is 3. The van der Waals surface area contributed by atoms with Gasteiger partial charge in [0, 0.05) is 36.3 Å². The molecule has 178 valence electrons. The number of aromatic nitrogens is 3. The minimum atomic E-state index is -4.77. The van der Waals surface area contributed by atoms with Gasteiger partial charge >= 0.3 is 6.18 Å². The average molecular weight is 493 g/mol. The minimum Gasteiger partial charge on any atom is -0.506 e.